The van der Waals surface area contributed by atoms with Crippen molar-refractivity contribution in [2.24, 2.45) is 5.92 Å². The summed E-state index contributed by atoms with van der Waals surface area (Å²) < 4.78 is 10.4. The summed E-state index contributed by atoms with van der Waals surface area (Å²) in [5.41, 5.74) is 0. The molecule has 5 heteroatoms. The van der Waals surface area contributed by atoms with Gasteiger partial charge in [-0.05, 0) is 32.9 Å². The van der Waals surface area contributed by atoms with Crippen molar-refractivity contribution in [1.82, 2.24) is 9.80 Å². The second-order valence-corrected chi connectivity index (χ2v) is 5.32. The van der Waals surface area contributed by atoms with E-state index in [1.54, 1.807) is 0 Å². The molecule has 5 nitrogen and oxygen atoms in total. The number of carbonyl (C=O) groups excluding carboxylic acids is 1. The van der Waals surface area contributed by atoms with Gasteiger partial charge in [0, 0.05) is 26.2 Å². The minimum absolute atomic E-state index is 0.00432. The maximum atomic E-state index is 11.6. The fourth-order valence-electron chi connectivity index (χ4n) is 2.76. The molecule has 0 amide bonds. The third kappa shape index (κ3) is 4.75. The van der Waals surface area contributed by atoms with Crippen molar-refractivity contribution in [3.05, 3.63) is 0 Å². The van der Waals surface area contributed by atoms with Gasteiger partial charge >= 0.3 is 5.97 Å². The molecule has 0 aliphatic carbocycles. The predicted molar refractivity (Wildman–Crippen MR) is 73.1 cm³/mol. The number of morpholine rings is 1. The van der Waals surface area contributed by atoms with Crippen LogP contribution in [0.3, 0.4) is 0 Å². The van der Waals surface area contributed by atoms with E-state index >= 15 is 0 Å². The maximum absolute atomic E-state index is 11.6. The highest BCUT2D eigenvalue weighted by molar-refractivity contribution is 5.72. The van der Waals surface area contributed by atoms with Gasteiger partial charge in [0.25, 0.3) is 0 Å². The number of ether oxygens (including phenoxy) is 2. The van der Waals surface area contributed by atoms with E-state index < -0.39 is 0 Å². The van der Waals surface area contributed by atoms with Crippen molar-refractivity contribution < 1.29 is 14.3 Å². The van der Waals surface area contributed by atoms with Crippen molar-refractivity contribution in [2.75, 3.05) is 59.1 Å². The van der Waals surface area contributed by atoms with Crippen molar-refractivity contribution in [2.45, 2.75) is 19.8 Å². The van der Waals surface area contributed by atoms with Crippen LogP contribution in [-0.2, 0) is 14.3 Å². The summed E-state index contributed by atoms with van der Waals surface area (Å²) in [6.07, 6.45) is 1.89. The summed E-state index contributed by atoms with van der Waals surface area (Å²) in [5.74, 6) is 0.120. The average Bonchev–Trinajstić information content (AvgIpc) is 2.47. The van der Waals surface area contributed by atoms with Crippen molar-refractivity contribution in [1.29, 1.82) is 0 Å². The number of hydrogen-bond acceptors (Lipinski definition) is 5. The quantitative estimate of drug-likeness (QED) is 0.684. The van der Waals surface area contributed by atoms with Crippen LogP contribution < -0.4 is 0 Å². The Bertz CT molecular complexity index is 272. The Morgan fingerprint density at radius 2 is 1.68 bits per heavy atom. The largest absolute Gasteiger partial charge is 0.466 e. The molecule has 0 spiro atoms. The first-order valence-electron chi connectivity index (χ1n) is 7.48. The van der Waals surface area contributed by atoms with Crippen molar-refractivity contribution in [3.63, 3.8) is 0 Å². The van der Waals surface area contributed by atoms with E-state index in [1.807, 2.05) is 6.92 Å². The van der Waals surface area contributed by atoms with Gasteiger partial charge in [0.2, 0.25) is 0 Å². The lowest BCUT2D eigenvalue weighted by Gasteiger charge is -2.33. The lowest BCUT2D eigenvalue weighted by atomic mass is 9.97. The van der Waals surface area contributed by atoms with E-state index in [2.05, 4.69) is 9.80 Å². The third-order valence-corrected chi connectivity index (χ3v) is 4.04. The zero-order valence-electron chi connectivity index (χ0n) is 12.0. The van der Waals surface area contributed by atoms with Gasteiger partial charge in [0.1, 0.15) is 0 Å². The summed E-state index contributed by atoms with van der Waals surface area (Å²) in [4.78, 5) is 16.6. The predicted octanol–water partition coefficient (Wildman–Crippen LogP) is 0.594. The van der Waals surface area contributed by atoms with Gasteiger partial charge in [-0.1, -0.05) is 0 Å². The first kappa shape index (κ1) is 14.8. The molecular weight excluding hydrogens is 244 g/mol. The number of carbonyl (C=O) groups is 1. The highest BCUT2D eigenvalue weighted by Gasteiger charge is 2.26. The molecule has 19 heavy (non-hydrogen) atoms. The summed E-state index contributed by atoms with van der Waals surface area (Å²) in [5, 5.41) is 0. The molecule has 0 radical (unpaired) electrons. The van der Waals surface area contributed by atoms with Gasteiger partial charge in [-0.2, -0.15) is 0 Å². The molecule has 0 aromatic carbocycles. The molecule has 0 bridgehead atoms. The second-order valence-electron chi connectivity index (χ2n) is 5.32. The van der Waals surface area contributed by atoms with Crippen LogP contribution >= 0.6 is 0 Å². The molecule has 0 N–H and O–H groups in total. The normalized spacial score (nSPS) is 23.4. The van der Waals surface area contributed by atoms with Crippen LogP contribution in [0.15, 0.2) is 0 Å². The monoisotopic (exact) mass is 270 g/mol. The average molecular weight is 270 g/mol. The number of hydrogen-bond donors (Lipinski definition) is 0. The minimum Gasteiger partial charge on any atom is -0.466 e. The van der Waals surface area contributed by atoms with Gasteiger partial charge in [0.15, 0.2) is 0 Å². The van der Waals surface area contributed by atoms with Gasteiger partial charge in [-0.25, -0.2) is 0 Å². The minimum atomic E-state index is -0.00432. The Morgan fingerprint density at radius 1 is 1.11 bits per heavy atom. The fourth-order valence-corrected chi connectivity index (χ4v) is 2.76. The SMILES string of the molecule is CCOC(=O)C1CCN(CCN2CCOCC2)CC1. The van der Waals surface area contributed by atoms with E-state index in [-0.39, 0.29) is 11.9 Å². The van der Waals surface area contributed by atoms with E-state index in [4.69, 9.17) is 9.47 Å². The topological polar surface area (TPSA) is 42.0 Å². The Labute approximate surface area is 115 Å². The molecule has 0 aromatic rings. The van der Waals surface area contributed by atoms with Crippen LogP contribution in [-0.4, -0.2) is 74.9 Å². The molecule has 0 atom stereocenters. The zero-order valence-corrected chi connectivity index (χ0v) is 12.0. The number of nitrogens with zero attached hydrogens (tertiary/aromatic N) is 2. The number of piperidine rings is 1. The lowest BCUT2D eigenvalue weighted by molar-refractivity contribution is -0.149. The maximum Gasteiger partial charge on any atom is 0.309 e. The van der Waals surface area contributed by atoms with E-state index in [9.17, 15) is 4.79 Å². The molecule has 2 rings (SSSR count). The number of likely N-dealkylation sites (tertiary alicyclic amines) is 1. The Hall–Kier alpha value is -0.650. The first-order chi connectivity index (χ1) is 9.29. The summed E-state index contributed by atoms with van der Waals surface area (Å²) in [7, 11) is 0. The van der Waals surface area contributed by atoms with Crippen LogP contribution in [0, 0.1) is 5.92 Å². The van der Waals surface area contributed by atoms with Crippen LogP contribution in [0.2, 0.25) is 0 Å². The summed E-state index contributed by atoms with van der Waals surface area (Å²) >= 11 is 0. The number of esters is 1. The Balaban J connectivity index is 1.61. The number of rotatable bonds is 5. The molecule has 0 saturated carbocycles. The molecule has 2 aliphatic rings. The molecule has 2 aliphatic heterocycles. The van der Waals surface area contributed by atoms with E-state index in [0.717, 1.165) is 65.3 Å². The molecule has 2 fully saturated rings. The molecule has 110 valence electrons. The van der Waals surface area contributed by atoms with Crippen LogP contribution in [0.4, 0.5) is 0 Å². The van der Waals surface area contributed by atoms with E-state index in [1.165, 1.54) is 0 Å². The van der Waals surface area contributed by atoms with Crippen LogP contribution in [0.25, 0.3) is 0 Å². The molecule has 2 saturated heterocycles. The molecule has 0 unspecified atom stereocenters. The highest BCUT2D eigenvalue weighted by Crippen LogP contribution is 2.18. The fraction of sp³-hybridized carbons (Fsp3) is 0.929. The standard InChI is InChI=1S/C14H26N2O3/c1-2-19-14(17)13-3-5-15(6-4-13)7-8-16-9-11-18-12-10-16/h13H,2-12H2,1H3. The highest BCUT2D eigenvalue weighted by atomic mass is 16.5. The van der Waals surface area contributed by atoms with Gasteiger partial charge in [0.05, 0.1) is 25.7 Å². The van der Waals surface area contributed by atoms with Crippen LogP contribution in [0.1, 0.15) is 19.8 Å². The van der Waals surface area contributed by atoms with Gasteiger partial charge in [-0.3, -0.25) is 9.69 Å². The smallest absolute Gasteiger partial charge is 0.309 e. The molecular formula is C14H26N2O3. The van der Waals surface area contributed by atoms with E-state index in [0.29, 0.717) is 6.61 Å². The summed E-state index contributed by atoms with van der Waals surface area (Å²) in [6, 6.07) is 0. The van der Waals surface area contributed by atoms with Gasteiger partial charge < -0.3 is 14.4 Å². The second kappa shape index (κ2) is 7.82. The Morgan fingerprint density at radius 3 is 2.26 bits per heavy atom. The van der Waals surface area contributed by atoms with Crippen molar-refractivity contribution >= 4 is 5.97 Å². The lowest BCUT2D eigenvalue weighted by Crippen LogP contribution is -2.44. The first-order valence-corrected chi connectivity index (χ1v) is 7.48. The summed E-state index contributed by atoms with van der Waals surface area (Å²) in [6.45, 7) is 10.5. The third-order valence-electron chi connectivity index (χ3n) is 4.04. The molecule has 0 aromatic heterocycles. The van der Waals surface area contributed by atoms with Gasteiger partial charge in [-0.15, -0.1) is 0 Å². The molecule has 2 heterocycles. The zero-order chi connectivity index (χ0) is 13.5. The van der Waals surface area contributed by atoms with Crippen molar-refractivity contribution in [3.8, 4) is 0 Å². The Kier molecular flexibility index (Phi) is 6.07. The van der Waals surface area contributed by atoms with Crippen LogP contribution in [0.5, 0.6) is 0 Å².